The molecule has 0 radical (unpaired) electrons. The smallest absolute Gasteiger partial charge is 0.140 e. The number of rotatable bonds is 3. The van der Waals surface area contributed by atoms with Crippen molar-refractivity contribution in [3.05, 3.63) is 52.8 Å². The first-order valence-corrected chi connectivity index (χ1v) is 6.62. The Bertz CT molecular complexity index is 648. The number of nitrogens with two attached hydrogens (primary N) is 1. The van der Waals surface area contributed by atoms with Crippen LogP contribution >= 0.6 is 11.6 Å². The van der Waals surface area contributed by atoms with Crippen LogP contribution in [0.2, 0.25) is 5.02 Å². The quantitative estimate of drug-likeness (QED) is 0.882. The highest BCUT2D eigenvalue weighted by Crippen LogP contribution is 2.31. The zero-order valence-corrected chi connectivity index (χ0v) is 11.4. The van der Waals surface area contributed by atoms with Crippen LogP contribution in [0, 0.1) is 5.82 Å². The molecule has 5 heteroatoms. The molecule has 1 heterocycles. The van der Waals surface area contributed by atoms with E-state index in [-0.39, 0.29) is 11.9 Å². The number of fused-ring (bicyclic) bond motifs is 1. The standard InChI is InChI=1S/C15H13ClFNO2/c16-13-3-2-11(18)7-15(13)19-8-12-6-9-5-10(17)1-4-14(9)20-12/h1-5,7,12H,6,8,18H2. The summed E-state index contributed by atoms with van der Waals surface area (Å²) in [5, 5.41) is 0.501. The molecule has 104 valence electrons. The number of benzene rings is 2. The molecule has 3 rings (SSSR count). The average molecular weight is 294 g/mol. The highest BCUT2D eigenvalue weighted by atomic mass is 35.5. The maximum atomic E-state index is 13.1. The normalized spacial score (nSPS) is 16.6. The predicted octanol–water partition coefficient (Wildman–Crippen LogP) is 3.44. The van der Waals surface area contributed by atoms with E-state index in [1.54, 1.807) is 24.3 Å². The lowest BCUT2D eigenvalue weighted by molar-refractivity contribution is 0.148. The maximum Gasteiger partial charge on any atom is 0.140 e. The van der Waals surface area contributed by atoms with E-state index in [9.17, 15) is 4.39 Å². The Hall–Kier alpha value is -1.94. The second-order valence-corrected chi connectivity index (χ2v) is 5.10. The maximum absolute atomic E-state index is 13.1. The zero-order valence-electron chi connectivity index (χ0n) is 10.6. The molecule has 20 heavy (non-hydrogen) atoms. The largest absolute Gasteiger partial charge is 0.488 e. The van der Waals surface area contributed by atoms with Crippen molar-refractivity contribution in [1.82, 2.24) is 0 Å². The monoisotopic (exact) mass is 293 g/mol. The van der Waals surface area contributed by atoms with E-state index in [1.807, 2.05) is 0 Å². The van der Waals surface area contributed by atoms with Gasteiger partial charge in [0.2, 0.25) is 0 Å². The third-order valence-corrected chi connectivity index (χ3v) is 3.46. The minimum absolute atomic E-state index is 0.149. The number of anilines is 1. The summed E-state index contributed by atoms with van der Waals surface area (Å²) in [6.07, 6.45) is 0.469. The molecule has 1 atom stereocenters. The second kappa shape index (κ2) is 5.21. The molecule has 0 saturated carbocycles. The molecule has 1 unspecified atom stereocenters. The Labute approximate surface area is 121 Å². The van der Waals surface area contributed by atoms with E-state index in [4.69, 9.17) is 26.8 Å². The molecular weight excluding hydrogens is 281 g/mol. The molecule has 1 aliphatic rings. The third kappa shape index (κ3) is 2.65. The lowest BCUT2D eigenvalue weighted by Crippen LogP contribution is -2.22. The summed E-state index contributed by atoms with van der Waals surface area (Å²) in [6, 6.07) is 9.58. The van der Waals surface area contributed by atoms with Crippen LogP contribution in [0.4, 0.5) is 10.1 Å². The summed E-state index contributed by atoms with van der Waals surface area (Å²) < 4.78 is 24.4. The van der Waals surface area contributed by atoms with Crippen LogP contribution < -0.4 is 15.2 Å². The Kier molecular flexibility index (Phi) is 3.40. The summed E-state index contributed by atoms with van der Waals surface area (Å²) in [6.45, 7) is 0.333. The van der Waals surface area contributed by atoms with Crippen molar-refractivity contribution >= 4 is 17.3 Å². The van der Waals surface area contributed by atoms with Crippen molar-refractivity contribution in [3.63, 3.8) is 0 Å². The molecule has 3 nitrogen and oxygen atoms in total. The minimum Gasteiger partial charge on any atom is -0.488 e. The summed E-state index contributed by atoms with van der Waals surface area (Å²) >= 11 is 6.02. The van der Waals surface area contributed by atoms with Crippen LogP contribution in [0.5, 0.6) is 11.5 Å². The van der Waals surface area contributed by atoms with Crippen LogP contribution in [0.3, 0.4) is 0 Å². The topological polar surface area (TPSA) is 44.5 Å². The van der Waals surface area contributed by atoms with Crippen LogP contribution in [0.1, 0.15) is 5.56 Å². The van der Waals surface area contributed by atoms with Gasteiger partial charge in [-0.3, -0.25) is 0 Å². The molecule has 2 N–H and O–H groups in total. The minimum atomic E-state index is -0.257. The van der Waals surface area contributed by atoms with E-state index in [0.717, 1.165) is 5.56 Å². The van der Waals surface area contributed by atoms with Crippen molar-refractivity contribution in [2.24, 2.45) is 0 Å². The van der Waals surface area contributed by atoms with Gasteiger partial charge < -0.3 is 15.2 Å². The highest BCUT2D eigenvalue weighted by Gasteiger charge is 2.24. The van der Waals surface area contributed by atoms with E-state index in [1.165, 1.54) is 12.1 Å². The van der Waals surface area contributed by atoms with Crippen molar-refractivity contribution in [1.29, 1.82) is 0 Å². The first-order valence-electron chi connectivity index (χ1n) is 6.25. The molecule has 0 spiro atoms. The van der Waals surface area contributed by atoms with Gasteiger partial charge in [0.25, 0.3) is 0 Å². The summed E-state index contributed by atoms with van der Waals surface area (Å²) in [4.78, 5) is 0. The van der Waals surface area contributed by atoms with Crippen LogP contribution in [-0.2, 0) is 6.42 Å². The summed E-state index contributed by atoms with van der Waals surface area (Å²) in [5.41, 5.74) is 7.13. The summed E-state index contributed by atoms with van der Waals surface area (Å²) in [7, 11) is 0. The first-order chi connectivity index (χ1) is 9.61. The number of halogens is 2. The Balaban J connectivity index is 1.65. The molecule has 0 aliphatic carbocycles. The molecule has 2 aromatic carbocycles. The molecule has 0 fully saturated rings. The lowest BCUT2D eigenvalue weighted by Gasteiger charge is -2.13. The van der Waals surface area contributed by atoms with Gasteiger partial charge in [0.1, 0.15) is 30.0 Å². The van der Waals surface area contributed by atoms with Gasteiger partial charge in [0.05, 0.1) is 5.02 Å². The number of ether oxygens (including phenoxy) is 2. The molecule has 1 aliphatic heterocycles. The average Bonchev–Trinajstić information content (AvgIpc) is 2.81. The molecule has 0 bridgehead atoms. The Morgan fingerprint density at radius 2 is 2.15 bits per heavy atom. The number of hydrogen-bond donors (Lipinski definition) is 1. The van der Waals surface area contributed by atoms with E-state index in [0.29, 0.717) is 35.2 Å². The van der Waals surface area contributed by atoms with Crippen molar-refractivity contribution < 1.29 is 13.9 Å². The fraction of sp³-hybridized carbons (Fsp3) is 0.200. The predicted molar refractivity (Wildman–Crippen MR) is 75.9 cm³/mol. The Morgan fingerprint density at radius 1 is 1.30 bits per heavy atom. The van der Waals surface area contributed by atoms with E-state index >= 15 is 0 Å². The van der Waals surface area contributed by atoms with Crippen LogP contribution in [0.15, 0.2) is 36.4 Å². The van der Waals surface area contributed by atoms with E-state index in [2.05, 4.69) is 0 Å². The SMILES string of the molecule is Nc1ccc(Cl)c(OCC2Cc3cc(F)ccc3O2)c1. The molecule has 0 saturated heterocycles. The number of hydrogen-bond acceptors (Lipinski definition) is 3. The highest BCUT2D eigenvalue weighted by molar-refractivity contribution is 6.32. The van der Waals surface area contributed by atoms with Gasteiger partial charge in [-0.25, -0.2) is 4.39 Å². The van der Waals surface area contributed by atoms with Crippen molar-refractivity contribution in [2.75, 3.05) is 12.3 Å². The van der Waals surface area contributed by atoms with Gasteiger partial charge in [0, 0.05) is 23.7 Å². The number of nitrogen functional groups attached to an aromatic ring is 1. The fourth-order valence-electron chi connectivity index (χ4n) is 2.20. The van der Waals surface area contributed by atoms with Crippen molar-refractivity contribution in [3.8, 4) is 11.5 Å². The summed E-state index contributed by atoms with van der Waals surface area (Å²) in [5.74, 6) is 0.976. The zero-order chi connectivity index (χ0) is 14.1. The van der Waals surface area contributed by atoms with Gasteiger partial charge in [-0.1, -0.05) is 11.6 Å². The van der Waals surface area contributed by atoms with Crippen LogP contribution in [-0.4, -0.2) is 12.7 Å². The van der Waals surface area contributed by atoms with Crippen LogP contribution in [0.25, 0.3) is 0 Å². The second-order valence-electron chi connectivity index (χ2n) is 4.70. The molecule has 0 amide bonds. The van der Waals surface area contributed by atoms with Gasteiger partial charge in [0.15, 0.2) is 0 Å². The third-order valence-electron chi connectivity index (χ3n) is 3.14. The molecule has 0 aromatic heterocycles. The van der Waals surface area contributed by atoms with Gasteiger partial charge in [-0.05, 0) is 30.3 Å². The molecular formula is C15H13ClFNO2. The van der Waals surface area contributed by atoms with E-state index < -0.39 is 0 Å². The van der Waals surface area contributed by atoms with Gasteiger partial charge in [-0.2, -0.15) is 0 Å². The Morgan fingerprint density at radius 3 is 3.00 bits per heavy atom. The van der Waals surface area contributed by atoms with Gasteiger partial charge >= 0.3 is 0 Å². The van der Waals surface area contributed by atoms with Crippen molar-refractivity contribution in [2.45, 2.75) is 12.5 Å². The molecule has 2 aromatic rings. The lowest BCUT2D eigenvalue weighted by atomic mass is 10.1. The fourth-order valence-corrected chi connectivity index (χ4v) is 2.37. The van der Waals surface area contributed by atoms with Gasteiger partial charge in [-0.15, -0.1) is 0 Å². The first kappa shape index (κ1) is 13.1.